The Morgan fingerprint density at radius 1 is 1.22 bits per heavy atom. The molecule has 0 saturated carbocycles. The molecule has 0 saturated heterocycles. The zero-order valence-electron chi connectivity index (χ0n) is 13.4. The van der Waals surface area contributed by atoms with Crippen LogP contribution >= 0.6 is 0 Å². The van der Waals surface area contributed by atoms with Gasteiger partial charge in [-0.15, -0.1) is 0 Å². The smallest absolute Gasteiger partial charge is 0.242 e. The van der Waals surface area contributed by atoms with Crippen LogP contribution in [0.3, 0.4) is 0 Å². The fraction of sp³-hybridized carbons (Fsp3) is 0.375. The van der Waals surface area contributed by atoms with Gasteiger partial charge in [0.15, 0.2) is 9.84 Å². The zero-order valence-corrected chi connectivity index (χ0v) is 14.3. The summed E-state index contributed by atoms with van der Waals surface area (Å²) in [5.74, 6) is -0.758. The number of hydrogen-bond acceptors (Lipinski definition) is 5. The SMILES string of the molecule is CCN(C(=O)CS(=O)(=O)Cc1c(C)noc1C)c1ccccc1. The molecular weight excluding hydrogens is 316 g/mol. The lowest BCUT2D eigenvalue weighted by Gasteiger charge is -2.20. The van der Waals surface area contributed by atoms with Gasteiger partial charge in [0.25, 0.3) is 0 Å². The molecule has 0 unspecified atom stereocenters. The summed E-state index contributed by atoms with van der Waals surface area (Å²) in [5, 5.41) is 3.74. The van der Waals surface area contributed by atoms with Crippen LogP contribution in [-0.2, 0) is 20.4 Å². The van der Waals surface area contributed by atoms with Gasteiger partial charge in [0.1, 0.15) is 11.5 Å². The second kappa shape index (κ2) is 6.95. The third-order valence-electron chi connectivity index (χ3n) is 3.57. The predicted octanol–water partition coefficient (Wildman–Crippen LogP) is 2.26. The van der Waals surface area contributed by atoms with E-state index in [1.807, 2.05) is 25.1 Å². The van der Waals surface area contributed by atoms with E-state index in [0.29, 0.717) is 29.2 Å². The maximum Gasteiger partial charge on any atom is 0.242 e. The van der Waals surface area contributed by atoms with E-state index in [0.717, 1.165) is 0 Å². The van der Waals surface area contributed by atoms with Crippen molar-refractivity contribution in [2.75, 3.05) is 17.2 Å². The van der Waals surface area contributed by atoms with Crippen molar-refractivity contribution in [2.24, 2.45) is 0 Å². The molecule has 6 nitrogen and oxygen atoms in total. The summed E-state index contributed by atoms with van der Waals surface area (Å²) in [4.78, 5) is 13.9. The molecule has 1 aromatic heterocycles. The highest BCUT2D eigenvalue weighted by molar-refractivity contribution is 7.91. The van der Waals surface area contributed by atoms with Crippen LogP contribution in [0.5, 0.6) is 0 Å². The molecule has 7 heteroatoms. The molecule has 2 rings (SSSR count). The zero-order chi connectivity index (χ0) is 17.0. The molecule has 1 heterocycles. The molecule has 0 atom stereocenters. The Bertz CT molecular complexity index is 762. The normalized spacial score (nSPS) is 11.4. The first-order valence-corrected chi connectivity index (χ1v) is 9.13. The third-order valence-corrected chi connectivity index (χ3v) is 4.99. The fourth-order valence-electron chi connectivity index (χ4n) is 2.36. The number of sulfone groups is 1. The standard InChI is InChI=1S/C16H20N2O4S/c1-4-18(14-8-6-5-7-9-14)16(19)11-23(20,21)10-15-12(2)17-22-13(15)3/h5-9H,4,10-11H2,1-3H3. The number of anilines is 1. The lowest BCUT2D eigenvalue weighted by Crippen LogP contribution is -2.36. The highest BCUT2D eigenvalue weighted by Crippen LogP contribution is 2.18. The van der Waals surface area contributed by atoms with Crippen molar-refractivity contribution in [2.45, 2.75) is 26.5 Å². The van der Waals surface area contributed by atoms with Gasteiger partial charge < -0.3 is 9.42 Å². The van der Waals surface area contributed by atoms with Crippen LogP contribution in [0.2, 0.25) is 0 Å². The van der Waals surface area contributed by atoms with E-state index in [-0.39, 0.29) is 5.75 Å². The molecular formula is C16H20N2O4S. The number of carbonyl (C=O) groups excluding carboxylic acids is 1. The second-order valence-corrected chi connectivity index (χ2v) is 7.37. The number of hydrogen-bond donors (Lipinski definition) is 0. The summed E-state index contributed by atoms with van der Waals surface area (Å²) >= 11 is 0. The fourth-order valence-corrected chi connectivity index (χ4v) is 3.84. The average molecular weight is 336 g/mol. The summed E-state index contributed by atoms with van der Waals surface area (Å²) in [7, 11) is -3.60. The van der Waals surface area contributed by atoms with Gasteiger partial charge in [0, 0.05) is 17.8 Å². The third kappa shape index (κ3) is 4.19. The van der Waals surface area contributed by atoms with Gasteiger partial charge in [0.2, 0.25) is 5.91 Å². The van der Waals surface area contributed by atoms with Crippen molar-refractivity contribution in [1.82, 2.24) is 5.16 Å². The molecule has 0 spiro atoms. The van der Waals surface area contributed by atoms with Crippen molar-refractivity contribution < 1.29 is 17.7 Å². The molecule has 0 radical (unpaired) electrons. The second-order valence-electron chi connectivity index (χ2n) is 5.31. The Labute approximate surface area is 136 Å². The van der Waals surface area contributed by atoms with Gasteiger partial charge in [0.05, 0.1) is 11.4 Å². The molecule has 2 aromatic rings. The lowest BCUT2D eigenvalue weighted by atomic mass is 10.2. The number of benzene rings is 1. The maximum absolute atomic E-state index is 12.4. The van der Waals surface area contributed by atoms with Crippen molar-refractivity contribution in [3.05, 3.63) is 47.3 Å². The molecule has 0 aliphatic heterocycles. The molecule has 0 aliphatic rings. The number of amides is 1. The highest BCUT2D eigenvalue weighted by atomic mass is 32.2. The van der Waals surface area contributed by atoms with Crippen molar-refractivity contribution in [3.8, 4) is 0 Å². The molecule has 0 fully saturated rings. The quantitative estimate of drug-likeness (QED) is 0.808. The minimum absolute atomic E-state index is 0.244. The van der Waals surface area contributed by atoms with E-state index in [4.69, 9.17) is 4.52 Å². The summed E-state index contributed by atoms with van der Waals surface area (Å²) in [6.07, 6.45) is 0. The number of carbonyl (C=O) groups is 1. The number of nitrogens with zero attached hydrogens (tertiary/aromatic N) is 2. The van der Waals surface area contributed by atoms with Crippen LogP contribution in [0.25, 0.3) is 0 Å². The van der Waals surface area contributed by atoms with E-state index in [1.165, 1.54) is 4.90 Å². The van der Waals surface area contributed by atoms with Crippen LogP contribution in [0.1, 0.15) is 23.9 Å². The number of aryl methyl sites for hydroxylation is 2. The van der Waals surface area contributed by atoms with E-state index in [9.17, 15) is 13.2 Å². The Kier molecular flexibility index (Phi) is 5.20. The van der Waals surface area contributed by atoms with E-state index >= 15 is 0 Å². The first-order chi connectivity index (χ1) is 10.8. The molecule has 1 aromatic carbocycles. The minimum Gasteiger partial charge on any atom is -0.361 e. The molecule has 0 aliphatic carbocycles. The summed E-state index contributed by atoms with van der Waals surface area (Å²) in [5.41, 5.74) is 1.75. The molecule has 23 heavy (non-hydrogen) atoms. The first-order valence-electron chi connectivity index (χ1n) is 7.31. The highest BCUT2D eigenvalue weighted by Gasteiger charge is 2.25. The van der Waals surface area contributed by atoms with Crippen LogP contribution in [0, 0.1) is 13.8 Å². The number of rotatable bonds is 6. The topological polar surface area (TPSA) is 80.5 Å². The van der Waals surface area contributed by atoms with Crippen molar-refractivity contribution in [1.29, 1.82) is 0 Å². The lowest BCUT2D eigenvalue weighted by molar-refractivity contribution is -0.116. The van der Waals surface area contributed by atoms with E-state index in [2.05, 4.69) is 5.16 Å². The Morgan fingerprint density at radius 2 is 1.87 bits per heavy atom. The van der Waals surface area contributed by atoms with Gasteiger partial charge >= 0.3 is 0 Å². The van der Waals surface area contributed by atoms with Crippen molar-refractivity contribution >= 4 is 21.4 Å². The van der Waals surface area contributed by atoms with Gasteiger partial charge in [-0.05, 0) is 32.9 Å². The molecule has 0 N–H and O–H groups in total. The molecule has 1 amide bonds. The molecule has 0 bridgehead atoms. The summed E-state index contributed by atoms with van der Waals surface area (Å²) in [6.45, 7) is 5.57. The van der Waals surface area contributed by atoms with Crippen LogP contribution in [0.4, 0.5) is 5.69 Å². The van der Waals surface area contributed by atoms with Crippen LogP contribution in [0.15, 0.2) is 34.9 Å². The number of aromatic nitrogens is 1. The van der Waals surface area contributed by atoms with Gasteiger partial charge in [-0.25, -0.2) is 8.42 Å². The van der Waals surface area contributed by atoms with Crippen LogP contribution in [-0.4, -0.2) is 31.8 Å². The predicted molar refractivity (Wildman–Crippen MR) is 87.9 cm³/mol. The minimum atomic E-state index is -3.60. The van der Waals surface area contributed by atoms with Crippen molar-refractivity contribution in [3.63, 3.8) is 0 Å². The van der Waals surface area contributed by atoms with E-state index in [1.54, 1.807) is 26.0 Å². The monoisotopic (exact) mass is 336 g/mol. The van der Waals surface area contributed by atoms with Crippen LogP contribution < -0.4 is 4.90 Å². The summed E-state index contributed by atoms with van der Waals surface area (Å²) < 4.78 is 29.7. The first kappa shape index (κ1) is 17.2. The Balaban J connectivity index is 2.15. The largest absolute Gasteiger partial charge is 0.361 e. The van der Waals surface area contributed by atoms with Gasteiger partial charge in [-0.1, -0.05) is 23.4 Å². The van der Waals surface area contributed by atoms with Gasteiger partial charge in [-0.3, -0.25) is 4.79 Å². The Morgan fingerprint density at radius 3 is 2.39 bits per heavy atom. The number of para-hydroxylation sites is 1. The van der Waals surface area contributed by atoms with Gasteiger partial charge in [-0.2, -0.15) is 0 Å². The average Bonchev–Trinajstić information content (AvgIpc) is 2.80. The maximum atomic E-state index is 12.4. The summed E-state index contributed by atoms with van der Waals surface area (Å²) in [6, 6.07) is 9.02. The molecule has 124 valence electrons. The Hall–Kier alpha value is -2.15. The van der Waals surface area contributed by atoms with E-state index < -0.39 is 21.5 Å².